The molecule has 2 aliphatic heterocycles. The van der Waals surface area contributed by atoms with E-state index in [1.165, 1.54) is 10.7 Å². The standard InChI is InChI=1S/C24H30N6O2/c1-18(28-13-15-29(16-14-28)20-9-5-3-6-10-20)17-25-23(31)22-26-19(2)24(32)30(27-22)21-11-7-4-8-12-21/h3-12,18-19H,13-17H2,1-2H3,(H,25,31)(H,26,27). The van der Waals surface area contributed by atoms with Gasteiger partial charge in [-0.25, -0.2) is 10.0 Å². The van der Waals surface area contributed by atoms with Gasteiger partial charge in [0.15, 0.2) is 0 Å². The number of aliphatic imine (C=N–C) groups is 1. The van der Waals surface area contributed by atoms with Gasteiger partial charge in [0.2, 0.25) is 5.84 Å². The molecule has 2 aromatic rings. The molecule has 2 unspecified atom stereocenters. The lowest BCUT2D eigenvalue weighted by atomic mass is 10.2. The molecule has 0 spiro atoms. The van der Waals surface area contributed by atoms with Gasteiger partial charge in [0, 0.05) is 44.5 Å². The van der Waals surface area contributed by atoms with Crippen molar-refractivity contribution >= 4 is 29.0 Å². The molecule has 168 valence electrons. The smallest absolute Gasteiger partial charge is 0.288 e. The van der Waals surface area contributed by atoms with E-state index in [0.717, 1.165) is 26.2 Å². The minimum atomic E-state index is -0.624. The molecular weight excluding hydrogens is 404 g/mol. The number of hydrazine groups is 1. The number of amides is 2. The maximum absolute atomic E-state index is 12.8. The molecule has 2 atom stereocenters. The molecule has 8 heteroatoms. The highest BCUT2D eigenvalue weighted by atomic mass is 16.2. The predicted octanol–water partition coefficient (Wildman–Crippen LogP) is 1.65. The van der Waals surface area contributed by atoms with E-state index >= 15 is 0 Å². The third-order valence-corrected chi connectivity index (χ3v) is 5.96. The van der Waals surface area contributed by atoms with Crippen molar-refractivity contribution < 1.29 is 9.59 Å². The van der Waals surface area contributed by atoms with Crippen molar-refractivity contribution in [1.82, 2.24) is 15.6 Å². The van der Waals surface area contributed by atoms with E-state index in [4.69, 9.17) is 0 Å². The quantitative estimate of drug-likeness (QED) is 0.723. The fraction of sp³-hybridized carbons (Fsp3) is 0.375. The molecule has 2 heterocycles. The van der Waals surface area contributed by atoms with Gasteiger partial charge < -0.3 is 10.2 Å². The zero-order valence-electron chi connectivity index (χ0n) is 18.6. The Morgan fingerprint density at radius 1 is 1.03 bits per heavy atom. The first-order valence-corrected chi connectivity index (χ1v) is 11.1. The van der Waals surface area contributed by atoms with Gasteiger partial charge in [-0.2, -0.15) is 0 Å². The van der Waals surface area contributed by atoms with Gasteiger partial charge in [0.1, 0.15) is 6.04 Å². The summed E-state index contributed by atoms with van der Waals surface area (Å²) in [5.74, 6) is -0.348. The largest absolute Gasteiger partial charge is 0.369 e. The molecule has 2 N–H and O–H groups in total. The molecule has 1 saturated heterocycles. The summed E-state index contributed by atoms with van der Waals surface area (Å²) in [5.41, 5.74) is 4.80. The Morgan fingerprint density at radius 3 is 2.25 bits per heavy atom. The van der Waals surface area contributed by atoms with E-state index in [-0.39, 0.29) is 23.7 Å². The number of nitrogens with zero attached hydrogens (tertiary/aromatic N) is 4. The van der Waals surface area contributed by atoms with Crippen LogP contribution in [0, 0.1) is 0 Å². The normalized spacial score (nSPS) is 20.4. The number of piperazine rings is 1. The third-order valence-electron chi connectivity index (χ3n) is 5.96. The summed E-state index contributed by atoms with van der Waals surface area (Å²) < 4.78 is 0. The van der Waals surface area contributed by atoms with E-state index in [2.05, 4.69) is 56.7 Å². The zero-order chi connectivity index (χ0) is 22.5. The first-order chi connectivity index (χ1) is 15.5. The number of carbonyl (C=O) groups excluding carboxylic acids is 2. The van der Waals surface area contributed by atoms with Gasteiger partial charge in [-0.3, -0.25) is 19.9 Å². The van der Waals surface area contributed by atoms with Crippen molar-refractivity contribution in [2.45, 2.75) is 25.9 Å². The van der Waals surface area contributed by atoms with Crippen LogP contribution in [0.1, 0.15) is 13.8 Å². The van der Waals surface area contributed by atoms with Crippen LogP contribution in [0.4, 0.5) is 11.4 Å². The fourth-order valence-corrected chi connectivity index (χ4v) is 4.02. The van der Waals surface area contributed by atoms with Crippen LogP contribution in [0.25, 0.3) is 0 Å². The Labute approximate surface area is 188 Å². The molecule has 2 aromatic carbocycles. The van der Waals surface area contributed by atoms with Crippen LogP contribution < -0.4 is 20.7 Å². The van der Waals surface area contributed by atoms with E-state index in [1.54, 1.807) is 6.92 Å². The first kappa shape index (κ1) is 21.8. The average molecular weight is 435 g/mol. The Kier molecular flexibility index (Phi) is 6.70. The summed E-state index contributed by atoms with van der Waals surface area (Å²) in [4.78, 5) is 34.3. The molecule has 2 aliphatic rings. The van der Waals surface area contributed by atoms with Gasteiger partial charge in [0.05, 0.1) is 5.69 Å². The SMILES string of the molecule is CC1N=C(C(=O)NCC(C)N2CCN(c3ccccc3)CC2)NN(c2ccccc2)C1=O. The minimum Gasteiger partial charge on any atom is -0.369 e. The van der Waals surface area contributed by atoms with E-state index in [1.807, 2.05) is 36.4 Å². The van der Waals surface area contributed by atoms with E-state index in [9.17, 15) is 9.59 Å². The van der Waals surface area contributed by atoms with Crippen LogP contribution in [0.5, 0.6) is 0 Å². The number of benzene rings is 2. The highest BCUT2D eigenvalue weighted by Crippen LogP contribution is 2.17. The van der Waals surface area contributed by atoms with E-state index in [0.29, 0.717) is 12.2 Å². The molecule has 32 heavy (non-hydrogen) atoms. The molecule has 2 amide bonds. The Morgan fingerprint density at radius 2 is 1.62 bits per heavy atom. The summed E-state index contributed by atoms with van der Waals surface area (Å²) >= 11 is 0. The molecule has 0 saturated carbocycles. The number of carbonyl (C=O) groups is 2. The second-order valence-electron chi connectivity index (χ2n) is 8.19. The van der Waals surface area contributed by atoms with Crippen LogP contribution in [-0.2, 0) is 9.59 Å². The second kappa shape index (κ2) is 9.82. The van der Waals surface area contributed by atoms with Gasteiger partial charge in [-0.15, -0.1) is 0 Å². The monoisotopic (exact) mass is 434 g/mol. The van der Waals surface area contributed by atoms with Crippen molar-refractivity contribution in [3.05, 3.63) is 60.7 Å². The highest BCUT2D eigenvalue weighted by molar-refractivity contribution is 6.39. The number of amidine groups is 1. The van der Waals surface area contributed by atoms with Crippen molar-refractivity contribution in [1.29, 1.82) is 0 Å². The maximum Gasteiger partial charge on any atom is 0.288 e. The van der Waals surface area contributed by atoms with Crippen LogP contribution in [-0.4, -0.2) is 67.4 Å². The minimum absolute atomic E-state index is 0.155. The fourth-order valence-electron chi connectivity index (χ4n) is 4.02. The number of anilines is 2. The first-order valence-electron chi connectivity index (χ1n) is 11.1. The molecule has 0 bridgehead atoms. The average Bonchev–Trinajstić information content (AvgIpc) is 2.85. The summed E-state index contributed by atoms with van der Waals surface area (Å²) in [5, 5.41) is 4.36. The lowest BCUT2D eigenvalue weighted by Crippen LogP contribution is -2.59. The number of para-hydroxylation sites is 2. The molecule has 0 radical (unpaired) electrons. The van der Waals surface area contributed by atoms with Gasteiger partial charge in [-0.05, 0) is 38.1 Å². The lowest BCUT2D eigenvalue weighted by molar-refractivity contribution is -0.120. The molecule has 0 aromatic heterocycles. The van der Waals surface area contributed by atoms with Crippen molar-refractivity contribution in [3.63, 3.8) is 0 Å². The molecule has 8 nitrogen and oxygen atoms in total. The van der Waals surface area contributed by atoms with Crippen LogP contribution in [0.15, 0.2) is 65.7 Å². The summed E-state index contributed by atoms with van der Waals surface area (Å²) in [6.07, 6.45) is 0. The number of rotatable bonds is 6. The van der Waals surface area contributed by atoms with Gasteiger partial charge >= 0.3 is 0 Å². The van der Waals surface area contributed by atoms with Crippen molar-refractivity contribution in [3.8, 4) is 0 Å². The Hall–Kier alpha value is -3.39. The Bertz CT molecular complexity index is 957. The van der Waals surface area contributed by atoms with Crippen LogP contribution in [0.2, 0.25) is 0 Å². The third kappa shape index (κ3) is 4.91. The number of hydrogen-bond donors (Lipinski definition) is 2. The molecule has 1 fully saturated rings. The van der Waals surface area contributed by atoms with E-state index < -0.39 is 6.04 Å². The van der Waals surface area contributed by atoms with Crippen molar-refractivity contribution in [2.75, 3.05) is 42.6 Å². The van der Waals surface area contributed by atoms with Crippen LogP contribution in [0.3, 0.4) is 0 Å². The summed E-state index contributed by atoms with van der Waals surface area (Å²) in [6.45, 7) is 8.14. The van der Waals surface area contributed by atoms with Crippen molar-refractivity contribution in [2.24, 2.45) is 4.99 Å². The molecule has 4 rings (SSSR count). The number of hydrogen-bond acceptors (Lipinski definition) is 6. The maximum atomic E-state index is 12.8. The molecular formula is C24H30N6O2. The zero-order valence-corrected chi connectivity index (χ0v) is 18.6. The second-order valence-corrected chi connectivity index (χ2v) is 8.19. The summed E-state index contributed by atoms with van der Waals surface area (Å²) in [6, 6.07) is 19.2. The van der Waals surface area contributed by atoms with Crippen LogP contribution >= 0.6 is 0 Å². The lowest BCUT2D eigenvalue weighted by Gasteiger charge is -2.39. The summed E-state index contributed by atoms with van der Waals surface area (Å²) in [7, 11) is 0. The van der Waals surface area contributed by atoms with Gasteiger partial charge in [-0.1, -0.05) is 36.4 Å². The molecule has 0 aliphatic carbocycles. The topological polar surface area (TPSA) is 80.3 Å². The highest BCUT2D eigenvalue weighted by Gasteiger charge is 2.31. The number of nitrogens with one attached hydrogen (secondary N) is 2. The van der Waals surface area contributed by atoms with Gasteiger partial charge in [0.25, 0.3) is 11.8 Å². The Balaban J connectivity index is 1.29. The predicted molar refractivity (Wildman–Crippen MR) is 127 cm³/mol.